The van der Waals surface area contributed by atoms with Crippen LogP contribution in [0.5, 0.6) is 0 Å². The van der Waals surface area contributed by atoms with Crippen molar-refractivity contribution in [1.82, 2.24) is 20.1 Å². The summed E-state index contributed by atoms with van der Waals surface area (Å²) in [5.74, 6) is 0.725. The number of aromatic amines is 1. The van der Waals surface area contributed by atoms with E-state index < -0.39 is 0 Å². The van der Waals surface area contributed by atoms with Crippen LogP contribution >= 0.6 is 11.8 Å². The molecule has 0 bridgehead atoms. The van der Waals surface area contributed by atoms with Crippen molar-refractivity contribution in [3.05, 3.63) is 41.9 Å². The van der Waals surface area contributed by atoms with Crippen LogP contribution < -0.4 is 0 Å². The van der Waals surface area contributed by atoms with Crippen molar-refractivity contribution in [2.45, 2.75) is 24.6 Å². The van der Waals surface area contributed by atoms with E-state index in [-0.39, 0.29) is 17.4 Å². The molecule has 2 aromatic heterocycles. The fraction of sp³-hybridized carbons (Fsp3) is 0.294. The first-order valence-corrected chi connectivity index (χ1v) is 9.01. The van der Waals surface area contributed by atoms with E-state index in [2.05, 4.69) is 15.2 Å². The van der Waals surface area contributed by atoms with Crippen molar-refractivity contribution in [3.8, 4) is 0 Å². The van der Waals surface area contributed by atoms with Crippen molar-refractivity contribution in [1.29, 1.82) is 0 Å². The molecule has 0 aliphatic carbocycles. The van der Waals surface area contributed by atoms with Gasteiger partial charge in [0, 0.05) is 35.6 Å². The predicted octanol–water partition coefficient (Wildman–Crippen LogP) is 2.65. The lowest BCUT2D eigenvalue weighted by Crippen LogP contribution is -2.23. The number of likely N-dealkylation sites (tertiary alicyclic amines) is 1. The Balaban J connectivity index is 1.38. The lowest BCUT2D eigenvalue weighted by atomic mass is 10.1. The second kappa shape index (κ2) is 6.72. The van der Waals surface area contributed by atoms with Gasteiger partial charge >= 0.3 is 0 Å². The third kappa shape index (κ3) is 3.30. The Labute approximate surface area is 147 Å². The molecular weight excluding hydrogens is 340 g/mol. The summed E-state index contributed by atoms with van der Waals surface area (Å²) in [6.07, 6.45) is 3.17. The molecule has 3 aromatic rings. The molecule has 128 valence electrons. The zero-order valence-electron chi connectivity index (χ0n) is 13.4. The number of carbonyl (C=O) groups is 2. The van der Waals surface area contributed by atoms with Gasteiger partial charge in [-0.1, -0.05) is 30.0 Å². The number of amides is 1. The highest BCUT2D eigenvalue weighted by atomic mass is 32.2. The zero-order chi connectivity index (χ0) is 17.2. The van der Waals surface area contributed by atoms with Crippen LogP contribution in [0.3, 0.4) is 0 Å². The molecular formula is C17H16N4O3S. The van der Waals surface area contributed by atoms with Crippen LogP contribution in [0.2, 0.25) is 0 Å². The van der Waals surface area contributed by atoms with E-state index in [4.69, 9.17) is 4.42 Å². The van der Waals surface area contributed by atoms with Crippen molar-refractivity contribution >= 4 is 34.4 Å². The average molecular weight is 356 g/mol. The summed E-state index contributed by atoms with van der Waals surface area (Å²) in [7, 11) is 0. The number of nitrogens with one attached hydrogen (secondary N) is 1. The molecule has 1 fully saturated rings. The number of ketones is 1. The van der Waals surface area contributed by atoms with Gasteiger partial charge in [0.15, 0.2) is 5.78 Å². The molecule has 1 aliphatic heterocycles. The molecule has 0 atom stereocenters. The highest BCUT2D eigenvalue weighted by Gasteiger charge is 2.22. The number of para-hydroxylation sites is 1. The smallest absolute Gasteiger partial charge is 0.277 e. The molecule has 7 nitrogen and oxygen atoms in total. The molecule has 0 radical (unpaired) electrons. The largest absolute Gasteiger partial charge is 0.414 e. The van der Waals surface area contributed by atoms with E-state index in [1.807, 2.05) is 24.3 Å². The van der Waals surface area contributed by atoms with Gasteiger partial charge in [0.1, 0.15) is 0 Å². The summed E-state index contributed by atoms with van der Waals surface area (Å²) in [5.41, 5.74) is 1.59. The van der Waals surface area contributed by atoms with Gasteiger partial charge in [-0.05, 0) is 12.5 Å². The number of benzene rings is 1. The first-order chi connectivity index (χ1) is 12.2. The summed E-state index contributed by atoms with van der Waals surface area (Å²) >= 11 is 1.21. The summed E-state index contributed by atoms with van der Waals surface area (Å²) in [4.78, 5) is 28.9. The molecule has 0 unspecified atom stereocenters. The molecule has 3 heterocycles. The summed E-state index contributed by atoms with van der Waals surface area (Å²) < 4.78 is 5.54. The Hall–Kier alpha value is -2.61. The van der Waals surface area contributed by atoms with Gasteiger partial charge < -0.3 is 14.3 Å². The van der Waals surface area contributed by atoms with Crippen molar-refractivity contribution in [3.63, 3.8) is 0 Å². The lowest BCUT2D eigenvalue weighted by Gasteiger charge is -2.11. The average Bonchev–Trinajstić information content (AvgIpc) is 3.34. The normalized spacial score (nSPS) is 14.6. The van der Waals surface area contributed by atoms with Crippen LogP contribution in [0.25, 0.3) is 10.9 Å². The minimum absolute atomic E-state index is 0.00285. The van der Waals surface area contributed by atoms with Gasteiger partial charge in [-0.2, -0.15) is 0 Å². The van der Waals surface area contributed by atoms with Crippen LogP contribution in [0.15, 0.2) is 40.1 Å². The highest BCUT2D eigenvalue weighted by Crippen LogP contribution is 2.23. The number of thioether (sulfide) groups is 1. The van der Waals surface area contributed by atoms with Crippen molar-refractivity contribution in [2.24, 2.45) is 0 Å². The summed E-state index contributed by atoms with van der Waals surface area (Å²) in [6, 6.07) is 7.68. The van der Waals surface area contributed by atoms with Crippen molar-refractivity contribution in [2.75, 3.05) is 12.3 Å². The summed E-state index contributed by atoms with van der Waals surface area (Å²) in [6.45, 7) is 1.06. The Bertz CT molecular complexity index is 933. The third-order valence-corrected chi connectivity index (χ3v) is 4.98. The number of H-pyrrole nitrogens is 1. The second-order valence-corrected chi connectivity index (χ2v) is 6.77. The first kappa shape index (κ1) is 15.9. The minimum Gasteiger partial charge on any atom is -0.414 e. The van der Waals surface area contributed by atoms with E-state index >= 15 is 0 Å². The Kier molecular flexibility index (Phi) is 4.27. The molecule has 8 heteroatoms. The topological polar surface area (TPSA) is 92.1 Å². The van der Waals surface area contributed by atoms with E-state index in [0.717, 1.165) is 23.9 Å². The molecule has 1 aromatic carbocycles. The Morgan fingerprint density at radius 2 is 2.20 bits per heavy atom. The van der Waals surface area contributed by atoms with E-state index in [9.17, 15) is 9.59 Å². The van der Waals surface area contributed by atoms with Crippen molar-refractivity contribution < 1.29 is 14.0 Å². The van der Waals surface area contributed by atoms with E-state index in [1.54, 1.807) is 11.1 Å². The van der Waals surface area contributed by atoms with Crippen LogP contribution in [0.4, 0.5) is 0 Å². The highest BCUT2D eigenvalue weighted by molar-refractivity contribution is 7.99. The van der Waals surface area contributed by atoms with Gasteiger partial charge in [-0.3, -0.25) is 9.59 Å². The molecule has 1 amide bonds. The van der Waals surface area contributed by atoms with Gasteiger partial charge in [0.05, 0.1) is 12.3 Å². The first-order valence-electron chi connectivity index (χ1n) is 8.03. The predicted molar refractivity (Wildman–Crippen MR) is 92.3 cm³/mol. The molecule has 0 saturated carbocycles. The van der Waals surface area contributed by atoms with Crippen LogP contribution in [0, 0.1) is 0 Å². The molecule has 1 aliphatic rings. The second-order valence-electron chi connectivity index (χ2n) is 5.84. The fourth-order valence-electron chi connectivity index (χ4n) is 2.90. The number of aromatic nitrogens is 3. The maximum Gasteiger partial charge on any atom is 0.277 e. The Morgan fingerprint density at radius 3 is 3.04 bits per heavy atom. The van der Waals surface area contributed by atoms with Gasteiger partial charge in [0.2, 0.25) is 11.8 Å². The van der Waals surface area contributed by atoms with Crippen LogP contribution in [0.1, 0.15) is 29.1 Å². The van der Waals surface area contributed by atoms with E-state index in [0.29, 0.717) is 29.6 Å². The lowest BCUT2D eigenvalue weighted by molar-refractivity contribution is -0.128. The van der Waals surface area contributed by atoms with Crippen LogP contribution in [-0.2, 0) is 11.3 Å². The number of Topliss-reactive ketones (excluding diaryl/α,β-unsaturated/α-hetero) is 1. The fourth-order valence-corrected chi connectivity index (χ4v) is 3.57. The minimum atomic E-state index is -0.00285. The molecule has 0 spiro atoms. The number of fused-ring (bicyclic) bond motifs is 1. The molecule has 1 N–H and O–H groups in total. The number of nitrogens with zero attached hydrogens (tertiary/aromatic N) is 3. The van der Waals surface area contributed by atoms with Gasteiger partial charge in [-0.25, -0.2) is 0 Å². The number of hydrogen-bond acceptors (Lipinski definition) is 6. The van der Waals surface area contributed by atoms with Gasteiger partial charge in [0.25, 0.3) is 5.22 Å². The molecule has 4 rings (SSSR count). The summed E-state index contributed by atoms with van der Waals surface area (Å²) in [5, 5.41) is 9.15. The Morgan fingerprint density at radius 1 is 1.32 bits per heavy atom. The SMILES string of the molecule is O=C(CSc1nnc(CN2CCCC2=O)o1)c1c[nH]c2ccccc12. The maximum atomic E-state index is 12.4. The number of rotatable bonds is 6. The monoisotopic (exact) mass is 356 g/mol. The van der Waals surface area contributed by atoms with Crippen LogP contribution in [-0.4, -0.2) is 44.1 Å². The standard InChI is InChI=1S/C17H16N4O3S/c22-14(12-8-18-13-5-2-1-4-11(12)13)10-25-17-20-19-15(24-17)9-21-7-3-6-16(21)23/h1-2,4-5,8,18H,3,6-7,9-10H2. The molecule has 1 saturated heterocycles. The maximum absolute atomic E-state index is 12.4. The van der Waals surface area contributed by atoms with E-state index in [1.165, 1.54) is 11.8 Å². The van der Waals surface area contributed by atoms with Gasteiger partial charge in [-0.15, -0.1) is 10.2 Å². The number of carbonyl (C=O) groups excluding carboxylic acids is 2. The zero-order valence-corrected chi connectivity index (χ0v) is 14.2. The third-order valence-electron chi connectivity index (χ3n) is 4.16. The quantitative estimate of drug-likeness (QED) is 0.539. The number of hydrogen-bond donors (Lipinski definition) is 1. The molecule has 25 heavy (non-hydrogen) atoms.